The summed E-state index contributed by atoms with van der Waals surface area (Å²) in [5.41, 5.74) is 2.92. The molecule has 0 saturated heterocycles. The zero-order chi connectivity index (χ0) is 23.1. The van der Waals surface area contributed by atoms with Crippen LogP contribution in [-0.4, -0.2) is 34.3 Å². The van der Waals surface area contributed by atoms with Crippen LogP contribution in [0.15, 0.2) is 70.5 Å². The highest BCUT2D eigenvalue weighted by molar-refractivity contribution is 9.10. The summed E-state index contributed by atoms with van der Waals surface area (Å²) in [6.07, 6.45) is 0. The van der Waals surface area contributed by atoms with Crippen molar-refractivity contribution in [3.63, 3.8) is 0 Å². The molecule has 168 valence electrons. The summed E-state index contributed by atoms with van der Waals surface area (Å²) < 4.78 is 0.937. The van der Waals surface area contributed by atoms with Gasteiger partial charge in [-0.25, -0.2) is 4.79 Å². The van der Waals surface area contributed by atoms with Gasteiger partial charge in [0.25, 0.3) is 0 Å². The van der Waals surface area contributed by atoms with E-state index in [9.17, 15) is 9.59 Å². The number of nitrogens with one attached hydrogen (secondary N) is 1. The summed E-state index contributed by atoms with van der Waals surface area (Å²) in [6.45, 7) is 6.92. The van der Waals surface area contributed by atoms with E-state index in [2.05, 4.69) is 34.2 Å². The molecule has 0 fully saturated rings. The molecule has 3 rings (SSSR count). The van der Waals surface area contributed by atoms with Crippen LogP contribution in [0.2, 0.25) is 0 Å². The van der Waals surface area contributed by atoms with Crippen molar-refractivity contribution in [2.75, 3.05) is 11.9 Å². The minimum absolute atomic E-state index is 0.0112. The van der Waals surface area contributed by atoms with Gasteiger partial charge in [-0.05, 0) is 67.6 Å². The number of anilines is 1. The van der Waals surface area contributed by atoms with E-state index in [-0.39, 0.29) is 24.5 Å². The van der Waals surface area contributed by atoms with E-state index in [1.807, 2.05) is 78.7 Å². The first-order valence-corrected chi connectivity index (χ1v) is 12.2. The molecule has 0 aliphatic carbocycles. The first-order valence-electron chi connectivity index (χ1n) is 10.5. The van der Waals surface area contributed by atoms with E-state index >= 15 is 0 Å². The number of nitrogens with zero attached hydrogens (tertiary/aromatic N) is 2. The van der Waals surface area contributed by atoms with Gasteiger partial charge in [0, 0.05) is 27.6 Å². The highest BCUT2D eigenvalue weighted by Crippen LogP contribution is 2.20. The van der Waals surface area contributed by atoms with Gasteiger partial charge in [-0.2, -0.15) is 0 Å². The third-order valence-corrected chi connectivity index (χ3v) is 6.69. The molecule has 0 saturated carbocycles. The highest BCUT2D eigenvalue weighted by atomic mass is 79.9. The Hall–Kier alpha value is -2.64. The van der Waals surface area contributed by atoms with Gasteiger partial charge in [0.1, 0.15) is 6.54 Å². The Morgan fingerprint density at radius 3 is 2.28 bits per heavy atom. The van der Waals surface area contributed by atoms with Crippen LogP contribution in [0, 0.1) is 6.92 Å². The van der Waals surface area contributed by atoms with Crippen LogP contribution in [0.4, 0.5) is 10.5 Å². The number of carbonyl (C=O) groups is 2. The van der Waals surface area contributed by atoms with Gasteiger partial charge in [0.05, 0.1) is 6.54 Å². The Morgan fingerprint density at radius 1 is 1.00 bits per heavy atom. The zero-order valence-electron chi connectivity index (χ0n) is 18.5. The molecule has 3 amide bonds. The van der Waals surface area contributed by atoms with E-state index in [0.29, 0.717) is 18.8 Å². The third-order valence-electron chi connectivity index (χ3n) is 5.16. The summed E-state index contributed by atoms with van der Waals surface area (Å²) in [6, 6.07) is 19.0. The zero-order valence-corrected chi connectivity index (χ0v) is 20.9. The van der Waals surface area contributed by atoms with Gasteiger partial charge in [0.15, 0.2) is 0 Å². The molecule has 0 aliphatic heterocycles. The Kier molecular flexibility index (Phi) is 8.47. The molecule has 2 aromatic carbocycles. The van der Waals surface area contributed by atoms with E-state index in [0.717, 1.165) is 14.9 Å². The fraction of sp³-hybridized carbons (Fsp3) is 0.280. The fourth-order valence-corrected chi connectivity index (χ4v) is 4.42. The summed E-state index contributed by atoms with van der Waals surface area (Å²) in [5.74, 6) is -0.0821. The highest BCUT2D eigenvalue weighted by Gasteiger charge is 2.24. The van der Waals surface area contributed by atoms with Crippen LogP contribution in [0.25, 0.3) is 0 Å². The van der Waals surface area contributed by atoms with Crippen LogP contribution in [0.5, 0.6) is 0 Å². The summed E-state index contributed by atoms with van der Waals surface area (Å²) in [7, 11) is 0. The van der Waals surface area contributed by atoms with Crippen LogP contribution in [-0.2, 0) is 17.9 Å². The smallest absolute Gasteiger partial charge is 0.322 e. The average Bonchev–Trinajstić information content (AvgIpc) is 3.17. The molecule has 0 atom stereocenters. The van der Waals surface area contributed by atoms with Crippen LogP contribution >= 0.6 is 27.3 Å². The monoisotopic (exact) mass is 513 g/mol. The van der Waals surface area contributed by atoms with Crippen molar-refractivity contribution in [1.82, 2.24) is 9.80 Å². The molecule has 7 heteroatoms. The predicted molar refractivity (Wildman–Crippen MR) is 135 cm³/mol. The molecule has 32 heavy (non-hydrogen) atoms. The second-order valence-corrected chi connectivity index (χ2v) is 9.84. The van der Waals surface area contributed by atoms with E-state index in [1.165, 1.54) is 5.56 Å². The first-order chi connectivity index (χ1) is 15.3. The number of halogens is 1. The van der Waals surface area contributed by atoms with Gasteiger partial charge in [0.2, 0.25) is 5.91 Å². The molecule has 0 bridgehead atoms. The van der Waals surface area contributed by atoms with Gasteiger partial charge >= 0.3 is 6.03 Å². The molecular formula is C25H28BrN3O2S. The number of hydrogen-bond acceptors (Lipinski definition) is 3. The van der Waals surface area contributed by atoms with Gasteiger partial charge < -0.3 is 15.1 Å². The number of rotatable bonds is 8. The van der Waals surface area contributed by atoms with Crippen LogP contribution < -0.4 is 5.32 Å². The molecule has 0 unspecified atom stereocenters. The van der Waals surface area contributed by atoms with Crippen molar-refractivity contribution in [2.45, 2.75) is 39.9 Å². The molecule has 0 radical (unpaired) electrons. The second kappa shape index (κ2) is 11.3. The maximum atomic E-state index is 13.4. The number of aryl methyl sites for hydroxylation is 1. The van der Waals surface area contributed by atoms with Gasteiger partial charge in [-0.15, -0.1) is 11.3 Å². The molecule has 3 aromatic rings. The van der Waals surface area contributed by atoms with Crippen molar-refractivity contribution >= 4 is 44.9 Å². The van der Waals surface area contributed by atoms with Gasteiger partial charge in [-0.1, -0.05) is 46.3 Å². The van der Waals surface area contributed by atoms with Crippen molar-refractivity contribution in [1.29, 1.82) is 0 Å². The summed E-state index contributed by atoms with van der Waals surface area (Å²) in [4.78, 5) is 30.9. The molecule has 0 spiro atoms. The Morgan fingerprint density at radius 2 is 1.69 bits per heavy atom. The van der Waals surface area contributed by atoms with E-state index in [1.54, 1.807) is 16.2 Å². The summed E-state index contributed by atoms with van der Waals surface area (Å²) >= 11 is 5.05. The lowest BCUT2D eigenvalue weighted by Crippen LogP contribution is -2.47. The van der Waals surface area contributed by atoms with Crippen molar-refractivity contribution in [3.8, 4) is 0 Å². The number of amides is 3. The Balaban J connectivity index is 1.75. The van der Waals surface area contributed by atoms with Gasteiger partial charge in [-0.3, -0.25) is 4.79 Å². The SMILES string of the molecule is Cc1ccsc1CN(Cc1ccccc1)C(=O)CN(C(=O)Nc1ccc(Br)cc1)C(C)C. The largest absolute Gasteiger partial charge is 0.332 e. The molecule has 0 aliphatic rings. The lowest BCUT2D eigenvalue weighted by atomic mass is 10.2. The number of thiophene rings is 1. The van der Waals surface area contributed by atoms with Crippen molar-refractivity contribution in [2.24, 2.45) is 0 Å². The molecular weight excluding hydrogens is 486 g/mol. The lowest BCUT2D eigenvalue weighted by molar-refractivity contribution is -0.133. The standard InChI is InChI=1S/C25H28BrN3O2S/c1-18(2)29(25(31)27-22-11-9-21(26)10-12-22)17-24(30)28(15-20-7-5-4-6-8-20)16-23-19(3)13-14-32-23/h4-14,18H,15-17H2,1-3H3,(H,27,31). The van der Waals surface area contributed by atoms with E-state index in [4.69, 9.17) is 0 Å². The third kappa shape index (κ3) is 6.68. The fourth-order valence-electron chi connectivity index (χ4n) is 3.24. The van der Waals surface area contributed by atoms with Crippen molar-refractivity contribution in [3.05, 3.63) is 86.5 Å². The number of benzene rings is 2. The molecule has 1 N–H and O–H groups in total. The first kappa shape index (κ1) is 24.0. The number of hydrogen-bond donors (Lipinski definition) is 1. The number of urea groups is 1. The predicted octanol–water partition coefficient (Wildman–Crippen LogP) is 6.29. The lowest BCUT2D eigenvalue weighted by Gasteiger charge is -2.30. The Labute approximate surface area is 202 Å². The molecule has 5 nitrogen and oxygen atoms in total. The van der Waals surface area contributed by atoms with Crippen molar-refractivity contribution < 1.29 is 9.59 Å². The molecule has 1 heterocycles. The minimum Gasteiger partial charge on any atom is -0.332 e. The topological polar surface area (TPSA) is 52.7 Å². The Bertz CT molecular complexity index is 1030. The maximum Gasteiger partial charge on any atom is 0.322 e. The normalized spacial score (nSPS) is 10.8. The quantitative estimate of drug-likeness (QED) is 0.384. The van der Waals surface area contributed by atoms with Crippen LogP contribution in [0.3, 0.4) is 0 Å². The molecule has 1 aromatic heterocycles. The van der Waals surface area contributed by atoms with Crippen LogP contribution in [0.1, 0.15) is 29.9 Å². The minimum atomic E-state index is -0.289. The summed E-state index contributed by atoms with van der Waals surface area (Å²) in [5, 5.41) is 4.94. The van der Waals surface area contributed by atoms with E-state index < -0.39 is 0 Å². The maximum absolute atomic E-state index is 13.4. The average molecular weight is 514 g/mol. The second-order valence-electron chi connectivity index (χ2n) is 7.92. The number of carbonyl (C=O) groups excluding carboxylic acids is 2.